The molecule has 1 N–H and O–H groups in total. The molecule has 3 rings (SSSR count). The van der Waals surface area contributed by atoms with Crippen molar-refractivity contribution in [2.24, 2.45) is 0 Å². The van der Waals surface area contributed by atoms with Crippen molar-refractivity contribution in [3.8, 4) is 0 Å². The van der Waals surface area contributed by atoms with Crippen LogP contribution in [-0.4, -0.2) is 7.05 Å². The van der Waals surface area contributed by atoms with Gasteiger partial charge in [-0.1, -0.05) is 36.4 Å². The molecular formula is C17H20N2. The predicted octanol–water partition coefficient (Wildman–Crippen LogP) is 3.23. The summed E-state index contributed by atoms with van der Waals surface area (Å²) < 4.78 is 0. The summed E-state index contributed by atoms with van der Waals surface area (Å²) in [4.78, 5) is 2.32. The molecule has 1 aliphatic rings. The number of rotatable bonds is 3. The van der Waals surface area contributed by atoms with Crippen molar-refractivity contribution >= 4 is 5.69 Å². The summed E-state index contributed by atoms with van der Waals surface area (Å²) >= 11 is 0. The number of anilines is 1. The van der Waals surface area contributed by atoms with Gasteiger partial charge in [0.15, 0.2) is 0 Å². The fraction of sp³-hybridized carbons (Fsp3) is 0.294. The second kappa shape index (κ2) is 5.06. The minimum absolute atomic E-state index is 0.956. The van der Waals surface area contributed by atoms with E-state index >= 15 is 0 Å². The molecule has 0 saturated heterocycles. The van der Waals surface area contributed by atoms with Gasteiger partial charge in [0.25, 0.3) is 0 Å². The first-order chi connectivity index (χ1) is 9.24. The zero-order valence-electron chi connectivity index (χ0n) is 11.6. The topological polar surface area (TPSA) is 15.3 Å². The molecule has 0 bridgehead atoms. The van der Waals surface area contributed by atoms with Crippen LogP contribution in [0.3, 0.4) is 0 Å². The minimum Gasteiger partial charge on any atom is -0.370 e. The van der Waals surface area contributed by atoms with Gasteiger partial charge in [0, 0.05) is 32.4 Å². The Morgan fingerprint density at radius 2 is 1.84 bits per heavy atom. The molecule has 0 atom stereocenters. The van der Waals surface area contributed by atoms with E-state index in [1.54, 1.807) is 0 Å². The van der Waals surface area contributed by atoms with Crippen molar-refractivity contribution in [1.29, 1.82) is 0 Å². The average Bonchev–Trinajstić information content (AvgIpc) is 2.86. The van der Waals surface area contributed by atoms with Crippen LogP contribution in [0.15, 0.2) is 42.5 Å². The highest BCUT2D eigenvalue weighted by Crippen LogP contribution is 2.22. The van der Waals surface area contributed by atoms with E-state index in [9.17, 15) is 0 Å². The zero-order valence-corrected chi connectivity index (χ0v) is 11.6. The molecule has 1 aliphatic heterocycles. The summed E-state index contributed by atoms with van der Waals surface area (Å²) in [5, 5.41) is 3.40. The Morgan fingerprint density at radius 3 is 2.68 bits per heavy atom. The van der Waals surface area contributed by atoms with Gasteiger partial charge < -0.3 is 10.2 Å². The van der Waals surface area contributed by atoms with Crippen LogP contribution in [0.5, 0.6) is 0 Å². The first kappa shape index (κ1) is 12.2. The van der Waals surface area contributed by atoms with E-state index in [1.807, 2.05) is 0 Å². The summed E-state index contributed by atoms with van der Waals surface area (Å²) in [6, 6.07) is 15.4. The van der Waals surface area contributed by atoms with Crippen LogP contribution in [0.1, 0.15) is 22.3 Å². The standard InChI is InChI=1S/C17H20N2/c1-13-5-3-4-6-17(13)19(2)12-14-7-8-15-10-18-11-16(15)9-14/h3-9,18H,10-12H2,1-2H3. The molecule has 98 valence electrons. The normalized spacial score (nSPS) is 13.4. The van der Waals surface area contributed by atoms with Crippen LogP contribution >= 0.6 is 0 Å². The first-order valence-electron chi connectivity index (χ1n) is 6.82. The van der Waals surface area contributed by atoms with Crippen molar-refractivity contribution in [1.82, 2.24) is 5.32 Å². The summed E-state index contributed by atoms with van der Waals surface area (Å²) in [5.41, 5.74) is 6.92. The highest BCUT2D eigenvalue weighted by atomic mass is 15.1. The van der Waals surface area contributed by atoms with Crippen LogP contribution in [0.25, 0.3) is 0 Å². The second-order valence-corrected chi connectivity index (χ2v) is 5.35. The van der Waals surface area contributed by atoms with Crippen molar-refractivity contribution < 1.29 is 0 Å². The lowest BCUT2D eigenvalue weighted by Crippen LogP contribution is -2.17. The van der Waals surface area contributed by atoms with E-state index < -0.39 is 0 Å². The van der Waals surface area contributed by atoms with Gasteiger partial charge in [-0.15, -0.1) is 0 Å². The number of nitrogens with zero attached hydrogens (tertiary/aromatic N) is 1. The molecule has 1 heterocycles. The Balaban J connectivity index is 1.80. The molecule has 0 saturated carbocycles. The highest BCUT2D eigenvalue weighted by Gasteiger charge is 2.11. The SMILES string of the molecule is Cc1ccccc1N(C)Cc1ccc2c(c1)CNC2. The molecule has 2 nitrogen and oxygen atoms in total. The largest absolute Gasteiger partial charge is 0.370 e. The summed E-state index contributed by atoms with van der Waals surface area (Å²) in [6.45, 7) is 5.15. The number of benzene rings is 2. The second-order valence-electron chi connectivity index (χ2n) is 5.35. The van der Waals surface area contributed by atoms with E-state index in [-0.39, 0.29) is 0 Å². The molecule has 0 amide bonds. The third kappa shape index (κ3) is 2.49. The lowest BCUT2D eigenvalue weighted by molar-refractivity contribution is 0.764. The van der Waals surface area contributed by atoms with Crippen LogP contribution < -0.4 is 10.2 Å². The fourth-order valence-corrected chi connectivity index (χ4v) is 2.80. The molecule has 19 heavy (non-hydrogen) atoms. The number of para-hydroxylation sites is 1. The number of fused-ring (bicyclic) bond motifs is 1. The smallest absolute Gasteiger partial charge is 0.0426 e. The van der Waals surface area contributed by atoms with Gasteiger partial charge in [0.05, 0.1) is 0 Å². The fourth-order valence-electron chi connectivity index (χ4n) is 2.80. The number of nitrogens with one attached hydrogen (secondary N) is 1. The molecule has 0 spiro atoms. The molecule has 2 aromatic rings. The molecule has 0 unspecified atom stereocenters. The number of aryl methyl sites for hydroxylation is 1. The van der Waals surface area contributed by atoms with Gasteiger partial charge in [-0.2, -0.15) is 0 Å². The van der Waals surface area contributed by atoms with Crippen molar-refractivity contribution in [2.75, 3.05) is 11.9 Å². The van der Waals surface area contributed by atoms with Crippen molar-refractivity contribution in [3.63, 3.8) is 0 Å². The lowest BCUT2D eigenvalue weighted by Gasteiger charge is -2.21. The van der Waals surface area contributed by atoms with Crippen molar-refractivity contribution in [2.45, 2.75) is 26.6 Å². The quantitative estimate of drug-likeness (QED) is 0.902. The third-order valence-electron chi connectivity index (χ3n) is 3.85. The van der Waals surface area contributed by atoms with Gasteiger partial charge >= 0.3 is 0 Å². The lowest BCUT2D eigenvalue weighted by atomic mass is 10.1. The van der Waals surface area contributed by atoms with Crippen molar-refractivity contribution in [3.05, 3.63) is 64.7 Å². The zero-order chi connectivity index (χ0) is 13.2. The maximum Gasteiger partial charge on any atom is 0.0426 e. The molecular weight excluding hydrogens is 232 g/mol. The Labute approximate surface area is 115 Å². The Bertz CT molecular complexity index is 590. The van der Waals surface area contributed by atoms with Gasteiger partial charge in [0.2, 0.25) is 0 Å². The Morgan fingerprint density at radius 1 is 1.05 bits per heavy atom. The average molecular weight is 252 g/mol. The van der Waals surface area contributed by atoms with E-state index in [2.05, 4.69) is 66.7 Å². The van der Waals surface area contributed by atoms with E-state index in [4.69, 9.17) is 0 Å². The molecule has 0 radical (unpaired) electrons. The summed E-state index contributed by atoms with van der Waals surface area (Å²) in [7, 11) is 2.16. The van der Waals surface area contributed by atoms with Gasteiger partial charge in [0.1, 0.15) is 0 Å². The minimum atomic E-state index is 0.956. The third-order valence-corrected chi connectivity index (χ3v) is 3.85. The van der Waals surface area contributed by atoms with Crippen LogP contribution in [0.4, 0.5) is 5.69 Å². The van der Waals surface area contributed by atoms with E-state index in [0.29, 0.717) is 0 Å². The highest BCUT2D eigenvalue weighted by molar-refractivity contribution is 5.52. The summed E-state index contributed by atoms with van der Waals surface area (Å²) in [5.74, 6) is 0. The maximum atomic E-state index is 3.40. The monoisotopic (exact) mass is 252 g/mol. The first-order valence-corrected chi connectivity index (χ1v) is 6.82. The van der Waals surface area contributed by atoms with Crippen LogP contribution in [0.2, 0.25) is 0 Å². The van der Waals surface area contributed by atoms with E-state index in [1.165, 1.54) is 27.9 Å². The predicted molar refractivity (Wildman–Crippen MR) is 80.3 cm³/mol. The van der Waals surface area contributed by atoms with Crippen LogP contribution in [-0.2, 0) is 19.6 Å². The van der Waals surface area contributed by atoms with E-state index in [0.717, 1.165) is 19.6 Å². The summed E-state index contributed by atoms with van der Waals surface area (Å²) in [6.07, 6.45) is 0. The van der Waals surface area contributed by atoms with Gasteiger partial charge in [-0.05, 0) is 35.2 Å². The maximum absolute atomic E-state index is 3.40. The molecule has 0 aliphatic carbocycles. The molecule has 2 aromatic carbocycles. The Hall–Kier alpha value is -1.80. The molecule has 2 heteroatoms. The molecule has 0 aromatic heterocycles. The Kier molecular flexibility index (Phi) is 3.26. The van der Waals surface area contributed by atoms with Gasteiger partial charge in [-0.3, -0.25) is 0 Å². The van der Waals surface area contributed by atoms with Crippen LogP contribution in [0, 0.1) is 6.92 Å². The number of hydrogen-bond acceptors (Lipinski definition) is 2. The molecule has 0 fully saturated rings. The van der Waals surface area contributed by atoms with Gasteiger partial charge in [-0.25, -0.2) is 0 Å². The number of hydrogen-bond donors (Lipinski definition) is 1.